The van der Waals surface area contributed by atoms with Crippen molar-refractivity contribution in [3.63, 3.8) is 0 Å². The molecule has 0 amide bonds. The maximum atomic E-state index is 6.41. The molecule has 102 valence electrons. The molecule has 2 aromatic rings. The van der Waals surface area contributed by atoms with Crippen LogP contribution in [-0.2, 0) is 6.42 Å². The monoisotopic (exact) mass is 257 g/mol. The van der Waals surface area contributed by atoms with E-state index >= 15 is 0 Å². The maximum absolute atomic E-state index is 6.41. The molecular weight excluding hydrogens is 234 g/mol. The predicted molar refractivity (Wildman–Crippen MR) is 79.0 cm³/mol. The smallest absolute Gasteiger partial charge is 0.124 e. The first-order valence-corrected chi connectivity index (χ1v) is 7.52. The summed E-state index contributed by atoms with van der Waals surface area (Å²) in [7, 11) is 0. The fourth-order valence-electron chi connectivity index (χ4n) is 3.17. The molecule has 1 unspecified atom stereocenters. The maximum Gasteiger partial charge on any atom is 0.124 e. The van der Waals surface area contributed by atoms with E-state index in [9.17, 15) is 0 Å². The second kappa shape index (κ2) is 5.33. The molecular formula is C16H23N3. The van der Waals surface area contributed by atoms with Crippen LogP contribution in [0.3, 0.4) is 0 Å². The Balaban J connectivity index is 1.87. The minimum absolute atomic E-state index is 0.0674. The molecule has 1 aliphatic rings. The molecule has 3 heteroatoms. The highest BCUT2D eigenvalue weighted by Gasteiger charge is 2.24. The van der Waals surface area contributed by atoms with Gasteiger partial charge >= 0.3 is 0 Å². The molecule has 1 fully saturated rings. The van der Waals surface area contributed by atoms with Gasteiger partial charge in [-0.1, -0.05) is 32.3 Å². The van der Waals surface area contributed by atoms with Gasteiger partial charge in [0.2, 0.25) is 0 Å². The Bertz CT molecular complexity index is 552. The Morgan fingerprint density at radius 2 is 2.11 bits per heavy atom. The Kier molecular flexibility index (Phi) is 3.56. The standard InChI is InChI=1S/C16H23N3/c1-2-11-8-9-13-14(10-11)19-16(18-13)15(17)12-6-4-3-5-7-12/h8-10,12,15H,2-7,17H2,1H3,(H,18,19). The van der Waals surface area contributed by atoms with Gasteiger partial charge in [-0.05, 0) is 42.9 Å². The third-order valence-electron chi connectivity index (χ3n) is 4.45. The van der Waals surface area contributed by atoms with Crippen molar-refractivity contribution in [2.45, 2.75) is 51.5 Å². The molecule has 1 heterocycles. The molecule has 3 N–H and O–H groups in total. The molecule has 0 aliphatic heterocycles. The molecule has 0 radical (unpaired) electrons. The van der Waals surface area contributed by atoms with Crippen LogP contribution in [0.1, 0.15) is 56.5 Å². The van der Waals surface area contributed by atoms with Crippen molar-refractivity contribution >= 4 is 11.0 Å². The molecule has 19 heavy (non-hydrogen) atoms. The van der Waals surface area contributed by atoms with Crippen LogP contribution in [0.25, 0.3) is 11.0 Å². The summed E-state index contributed by atoms with van der Waals surface area (Å²) in [4.78, 5) is 8.11. The third-order valence-corrected chi connectivity index (χ3v) is 4.45. The highest BCUT2D eigenvalue weighted by atomic mass is 15.0. The van der Waals surface area contributed by atoms with Crippen molar-refractivity contribution in [1.29, 1.82) is 0 Å². The number of aromatic nitrogens is 2. The van der Waals surface area contributed by atoms with Gasteiger partial charge in [0.1, 0.15) is 5.82 Å². The van der Waals surface area contributed by atoms with E-state index in [0.29, 0.717) is 5.92 Å². The van der Waals surface area contributed by atoms with Crippen molar-refractivity contribution in [1.82, 2.24) is 9.97 Å². The molecule has 3 rings (SSSR count). The van der Waals surface area contributed by atoms with E-state index in [0.717, 1.165) is 23.3 Å². The average molecular weight is 257 g/mol. The SMILES string of the molecule is CCc1ccc2nc(C(N)C3CCCCC3)[nH]c2c1. The zero-order valence-electron chi connectivity index (χ0n) is 11.7. The number of imidazole rings is 1. The van der Waals surface area contributed by atoms with E-state index in [4.69, 9.17) is 5.73 Å². The average Bonchev–Trinajstić information content (AvgIpc) is 2.90. The van der Waals surface area contributed by atoms with Crippen LogP contribution < -0.4 is 5.73 Å². The summed E-state index contributed by atoms with van der Waals surface area (Å²) >= 11 is 0. The highest BCUT2D eigenvalue weighted by molar-refractivity contribution is 5.76. The summed E-state index contributed by atoms with van der Waals surface area (Å²) in [6.07, 6.45) is 7.55. The van der Waals surface area contributed by atoms with Crippen molar-refractivity contribution in [3.8, 4) is 0 Å². The molecule has 1 aromatic carbocycles. The van der Waals surface area contributed by atoms with E-state index < -0.39 is 0 Å². The molecule has 1 atom stereocenters. The van der Waals surface area contributed by atoms with Crippen LogP contribution in [0.2, 0.25) is 0 Å². The summed E-state index contributed by atoms with van der Waals surface area (Å²) in [5.74, 6) is 1.56. The number of H-pyrrole nitrogens is 1. The second-order valence-electron chi connectivity index (χ2n) is 5.75. The Morgan fingerprint density at radius 3 is 2.84 bits per heavy atom. The van der Waals surface area contributed by atoms with Crippen LogP contribution in [0.15, 0.2) is 18.2 Å². The molecule has 0 saturated heterocycles. The molecule has 0 spiro atoms. The summed E-state index contributed by atoms with van der Waals surface area (Å²) in [5.41, 5.74) is 9.92. The first-order valence-electron chi connectivity index (χ1n) is 7.52. The Labute approximate surface area is 114 Å². The quantitative estimate of drug-likeness (QED) is 0.880. The van der Waals surface area contributed by atoms with Gasteiger partial charge in [-0.2, -0.15) is 0 Å². The lowest BCUT2D eigenvalue weighted by molar-refractivity contribution is 0.302. The molecule has 3 nitrogen and oxygen atoms in total. The summed E-state index contributed by atoms with van der Waals surface area (Å²) in [6.45, 7) is 2.17. The lowest BCUT2D eigenvalue weighted by Crippen LogP contribution is -2.24. The lowest BCUT2D eigenvalue weighted by Gasteiger charge is -2.26. The van der Waals surface area contributed by atoms with E-state index in [1.54, 1.807) is 0 Å². The van der Waals surface area contributed by atoms with Gasteiger partial charge in [0.15, 0.2) is 0 Å². The van der Waals surface area contributed by atoms with E-state index in [2.05, 4.69) is 35.1 Å². The minimum Gasteiger partial charge on any atom is -0.341 e. The zero-order chi connectivity index (χ0) is 13.2. The van der Waals surface area contributed by atoms with Crippen LogP contribution in [0.5, 0.6) is 0 Å². The number of nitrogens with one attached hydrogen (secondary N) is 1. The molecule has 0 bridgehead atoms. The predicted octanol–water partition coefficient (Wildman–Crippen LogP) is 3.71. The number of nitrogens with zero attached hydrogens (tertiary/aromatic N) is 1. The number of hydrogen-bond acceptors (Lipinski definition) is 2. The zero-order valence-corrected chi connectivity index (χ0v) is 11.7. The second-order valence-corrected chi connectivity index (χ2v) is 5.75. The van der Waals surface area contributed by atoms with Gasteiger partial charge < -0.3 is 10.7 Å². The number of rotatable bonds is 3. The normalized spacial score (nSPS) is 18.8. The van der Waals surface area contributed by atoms with Gasteiger partial charge in [-0.3, -0.25) is 0 Å². The first-order chi connectivity index (χ1) is 9.28. The van der Waals surface area contributed by atoms with Gasteiger partial charge in [0, 0.05) is 0 Å². The first kappa shape index (κ1) is 12.7. The number of fused-ring (bicyclic) bond motifs is 1. The van der Waals surface area contributed by atoms with Crippen molar-refractivity contribution in [2.75, 3.05) is 0 Å². The Hall–Kier alpha value is -1.35. The molecule has 1 aliphatic carbocycles. The van der Waals surface area contributed by atoms with Gasteiger partial charge in [0.05, 0.1) is 17.1 Å². The van der Waals surface area contributed by atoms with Crippen LogP contribution in [0.4, 0.5) is 0 Å². The Morgan fingerprint density at radius 1 is 1.32 bits per heavy atom. The summed E-state index contributed by atoms with van der Waals surface area (Å²) in [5, 5.41) is 0. The largest absolute Gasteiger partial charge is 0.341 e. The topological polar surface area (TPSA) is 54.7 Å². The third kappa shape index (κ3) is 2.52. The number of nitrogens with two attached hydrogens (primary N) is 1. The van der Waals surface area contributed by atoms with Gasteiger partial charge in [-0.25, -0.2) is 4.98 Å². The number of aryl methyl sites for hydroxylation is 1. The molecule has 1 aromatic heterocycles. The van der Waals surface area contributed by atoms with Gasteiger partial charge in [-0.15, -0.1) is 0 Å². The van der Waals surface area contributed by atoms with Crippen molar-refractivity contribution in [2.24, 2.45) is 11.7 Å². The fourth-order valence-corrected chi connectivity index (χ4v) is 3.17. The van der Waals surface area contributed by atoms with Gasteiger partial charge in [0.25, 0.3) is 0 Å². The van der Waals surface area contributed by atoms with E-state index in [1.807, 2.05) is 0 Å². The fraction of sp³-hybridized carbons (Fsp3) is 0.562. The lowest BCUT2D eigenvalue weighted by atomic mass is 9.84. The number of aromatic amines is 1. The number of benzene rings is 1. The minimum atomic E-state index is 0.0674. The van der Waals surface area contributed by atoms with E-state index in [-0.39, 0.29) is 6.04 Å². The summed E-state index contributed by atoms with van der Waals surface area (Å²) in [6, 6.07) is 6.51. The molecule has 1 saturated carbocycles. The van der Waals surface area contributed by atoms with Crippen LogP contribution >= 0.6 is 0 Å². The van der Waals surface area contributed by atoms with E-state index in [1.165, 1.54) is 37.7 Å². The van der Waals surface area contributed by atoms with Crippen LogP contribution in [-0.4, -0.2) is 9.97 Å². The highest BCUT2D eigenvalue weighted by Crippen LogP contribution is 2.32. The number of hydrogen-bond donors (Lipinski definition) is 2. The van der Waals surface area contributed by atoms with Crippen molar-refractivity contribution < 1.29 is 0 Å². The summed E-state index contributed by atoms with van der Waals surface area (Å²) < 4.78 is 0. The van der Waals surface area contributed by atoms with Crippen LogP contribution in [0, 0.1) is 5.92 Å². The van der Waals surface area contributed by atoms with Crippen molar-refractivity contribution in [3.05, 3.63) is 29.6 Å².